The number of hydrogen-bond donors (Lipinski definition) is 0. The molecule has 29 heavy (non-hydrogen) atoms. The zero-order valence-electron chi connectivity index (χ0n) is 15.2. The van der Waals surface area contributed by atoms with Crippen molar-refractivity contribution < 1.29 is 0 Å². The summed E-state index contributed by atoms with van der Waals surface area (Å²) in [5, 5.41) is 6.03. The normalized spacial score (nSPS) is 11.8. The zero-order chi connectivity index (χ0) is 19.5. The minimum atomic E-state index is 0.706. The maximum Gasteiger partial charge on any atom is 0.146 e. The van der Waals surface area contributed by atoms with Crippen LogP contribution >= 0.6 is 23.2 Å². The first-order valence-electron chi connectivity index (χ1n) is 9.36. The van der Waals surface area contributed by atoms with Crippen molar-refractivity contribution in [2.75, 3.05) is 0 Å². The van der Waals surface area contributed by atoms with Gasteiger partial charge in [-0.25, -0.2) is 4.98 Å². The third-order valence-corrected chi connectivity index (χ3v) is 5.99. The van der Waals surface area contributed by atoms with Crippen LogP contribution < -0.4 is 0 Å². The molecule has 0 saturated heterocycles. The molecule has 2 heterocycles. The van der Waals surface area contributed by atoms with Crippen LogP contribution in [0.25, 0.3) is 49.4 Å². The molecule has 0 bridgehead atoms. The summed E-state index contributed by atoms with van der Waals surface area (Å²) in [6.45, 7) is 0. The predicted molar refractivity (Wildman–Crippen MR) is 123 cm³/mol. The van der Waals surface area contributed by atoms with Crippen LogP contribution in [0.4, 0.5) is 0 Å². The number of hydrogen-bond acceptors (Lipinski definition) is 1. The Balaban J connectivity index is 1.84. The highest BCUT2D eigenvalue weighted by Crippen LogP contribution is 2.38. The van der Waals surface area contributed by atoms with Gasteiger partial charge in [-0.2, -0.15) is 0 Å². The number of nitrogens with zero attached hydrogens (tertiary/aromatic N) is 2. The predicted octanol–water partition coefficient (Wildman–Crippen LogP) is 7.77. The monoisotopic (exact) mass is 412 g/mol. The Morgan fingerprint density at radius 1 is 0.655 bits per heavy atom. The van der Waals surface area contributed by atoms with E-state index in [1.54, 1.807) is 0 Å². The molecule has 4 heteroatoms. The summed E-state index contributed by atoms with van der Waals surface area (Å²) < 4.78 is 2.22. The van der Waals surface area contributed by atoms with Crippen LogP contribution in [0.2, 0.25) is 10.0 Å². The Bertz CT molecular complexity index is 1560. The molecule has 0 N–H and O–H groups in total. The van der Waals surface area contributed by atoms with Crippen LogP contribution in [0.1, 0.15) is 0 Å². The Morgan fingerprint density at radius 3 is 2.17 bits per heavy atom. The average Bonchev–Trinajstić information content (AvgIpc) is 3.07. The second kappa shape index (κ2) is 6.21. The summed E-state index contributed by atoms with van der Waals surface area (Å²) in [6, 6.07) is 26.7. The quantitative estimate of drug-likeness (QED) is 0.252. The van der Waals surface area contributed by atoms with E-state index in [1.165, 1.54) is 10.8 Å². The lowest BCUT2D eigenvalue weighted by Crippen LogP contribution is -1.92. The van der Waals surface area contributed by atoms with Gasteiger partial charge >= 0.3 is 0 Å². The molecular weight excluding hydrogens is 399 g/mol. The molecule has 0 radical (unpaired) electrons. The summed E-state index contributed by atoms with van der Waals surface area (Å²) in [5.74, 6) is 0. The smallest absolute Gasteiger partial charge is 0.146 e. The van der Waals surface area contributed by atoms with Gasteiger partial charge in [-0.05, 0) is 52.7 Å². The van der Waals surface area contributed by atoms with Crippen molar-refractivity contribution in [3.63, 3.8) is 0 Å². The standard InChI is InChI=1S/C25H14Cl2N2/c26-19-7-5-15(6-8-19)24-21-10-9-20(27)13-23(21)29-22-12-17-4-2-1-3-16(17)11-18(22)14-28-25(24)29/h1-14H. The Kier molecular flexibility index (Phi) is 3.61. The SMILES string of the molecule is Clc1ccc(-c2c3ccc(Cl)cc3n3c2ncc2cc4ccccc4cc23)cc1. The second-order valence-corrected chi connectivity index (χ2v) is 8.09. The lowest BCUT2D eigenvalue weighted by molar-refractivity contribution is 1.24. The molecule has 0 fully saturated rings. The van der Waals surface area contributed by atoms with Crippen molar-refractivity contribution >= 4 is 61.4 Å². The fourth-order valence-corrected chi connectivity index (χ4v) is 4.48. The van der Waals surface area contributed by atoms with Gasteiger partial charge in [-0.15, -0.1) is 0 Å². The van der Waals surface area contributed by atoms with Gasteiger partial charge in [0.15, 0.2) is 0 Å². The fourth-order valence-electron chi connectivity index (χ4n) is 4.19. The molecule has 138 valence electrons. The van der Waals surface area contributed by atoms with Crippen LogP contribution in [0.5, 0.6) is 0 Å². The van der Waals surface area contributed by atoms with Gasteiger partial charge in [0.05, 0.1) is 11.0 Å². The van der Waals surface area contributed by atoms with Gasteiger partial charge in [-0.1, -0.05) is 65.7 Å². The van der Waals surface area contributed by atoms with Gasteiger partial charge < -0.3 is 0 Å². The third-order valence-electron chi connectivity index (χ3n) is 5.50. The lowest BCUT2D eigenvalue weighted by Gasteiger charge is -2.07. The van der Waals surface area contributed by atoms with Gasteiger partial charge in [0.1, 0.15) is 5.65 Å². The topological polar surface area (TPSA) is 17.3 Å². The van der Waals surface area contributed by atoms with Crippen LogP contribution in [0.3, 0.4) is 0 Å². The fraction of sp³-hybridized carbons (Fsp3) is 0. The number of rotatable bonds is 1. The molecule has 2 aromatic heterocycles. The van der Waals surface area contributed by atoms with E-state index in [9.17, 15) is 0 Å². The summed E-state index contributed by atoms with van der Waals surface area (Å²) in [4.78, 5) is 4.87. The molecule has 6 aromatic rings. The van der Waals surface area contributed by atoms with Gasteiger partial charge in [0.2, 0.25) is 0 Å². The molecule has 0 saturated carbocycles. The van der Waals surface area contributed by atoms with E-state index < -0.39 is 0 Å². The van der Waals surface area contributed by atoms with E-state index in [0.29, 0.717) is 5.02 Å². The third kappa shape index (κ3) is 2.53. The molecule has 0 amide bonds. The van der Waals surface area contributed by atoms with Crippen LogP contribution in [0.15, 0.2) is 85.1 Å². The summed E-state index contributed by atoms with van der Waals surface area (Å²) in [6.07, 6.45) is 1.96. The summed E-state index contributed by atoms with van der Waals surface area (Å²) in [5.41, 5.74) is 5.24. The van der Waals surface area contributed by atoms with Gasteiger partial charge in [-0.3, -0.25) is 4.40 Å². The van der Waals surface area contributed by atoms with E-state index in [1.807, 2.05) is 42.6 Å². The maximum absolute atomic E-state index is 6.39. The van der Waals surface area contributed by atoms with Crippen LogP contribution in [-0.4, -0.2) is 9.38 Å². The Hall–Kier alpha value is -3.07. The van der Waals surface area contributed by atoms with Crippen molar-refractivity contribution in [3.05, 3.63) is 95.1 Å². The van der Waals surface area contributed by atoms with Gasteiger partial charge in [0, 0.05) is 32.6 Å². The molecule has 4 aromatic carbocycles. The van der Waals surface area contributed by atoms with E-state index in [2.05, 4.69) is 46.9 Å². The largest absolute Gasteiger partial charge is 0.293 e. The minimum absolute atomic E-state index is 0.706. The molecule has 0 aliphatic rings. The van der Waals surface area contributed by atoms with E-state index >= 15 is 0 Å². The molecular formula is C25H14Cl2N2. The second-order valence-electron chi connectivity index (χ2n) is 7.22. The molecule has 0 spiro atoms. The molecule has 0 aliphatic carbocycles. The molecule has 0 atom stereocenters. The first kappa shape index (κ1) is 16.8. The van der Waals surface area contributed by atoms with Crippen LogP contribution in [0, 0.1) is 0 Å². The van der Waals surface area contributed by atoms with E-state index in [0.717, 1.165) is 43.6 Å². The number of benzene rings is 4. The number of aromatic nitrogens is 2. The van der Waals surface area contributed by atoms with Crippen LogP contribution in [-0.2, 0) is 0 Å². The molecule has 6 rings (SSSR count). The van der Waals surface area contributed by atoms with Gasteiger partial charge in [0.25, 0.3) is 0 Å². The zero-order valence-corrected chi connectivity index (χ0v) is 16.7. The minimum Gasteiger partial charge on any atom is -0.293 e. The highest BCUT2D eigenvalue weighted by Gasteiger charge is 2.17. The first-order chi connectivity index (χ1) is 14.2. The molecule has 2 nitrogen and oxygen atoms in total. The van der Waals surface area contributed by atoms with Crippen molar-refractivity contribution in [3.8, 4) is 11.1 Å². The lowest BCUT2D eigenvalue weighted by atomic mass is 10.0. The highest BCUT2D eigenvalue weighted by molar-refractivity contribution is 6.31. The Labute approximate surface area is 176 Å². The van der Waals surface area contributed by atoms with E-state index in [-0.39, 0.29) is 0 Å². The molecule has 0 aliphatic heterocycles. The van der Waals surface area contributed by atoms with Crippen molar-refractivity contribution in [2.45, 2.75) is 0 Å². The number of halogens is 2. The van der Waals surface area contributed by atoms with Crippen molar-refractivity contribution in [2.24, 2.45) is 0 Å². The first-order valence-corrected chi connectivity index (χ1v) is 10.1. The Morgan fingerprint density at radius 2 is 1.38 bits per heavy atom. The van der Waals surface area contributed by atoms with E-state index in [4.69, 9.17) is 28.2 Å². The van der Waals surface area contributed by atoms with Crippen molar-refractivity contribution in [1.82, 2.24) is 9.38 Å². The number of fused-ring (bicyclic) bond motifs is 6. The maximum atomic E-state index is 6.39. The summed E-state index contributed by atoms with van der Waals surface area (Å²) >= 11 is 12.5. The summed E-state index contributed by atoms with van der Waals surface area (Å²) in [7, 11) is 0. The average molecular weight is 413 g/mol. The highest BCUT2D eigenvalue weighted by atomic mass is 35.5. The molecule has 0 unspecified atom stereocenters. The van der Waals surface area contributed by atoms with Crippen molar-refractivity contribution in [1.29, 1.82) is 0 Å².